The van der Waals surface area contributed by atoms with Crippen molar-refractivity contribution in [3.05, 3.63) is 48.0 Å². The molecule has 3 rings (SSSR count). The minimum Gasteiger partial charge on any atom is -0.326 e. The predicted molar refractivity (Wildman–Crippen MR) is 111 cm³/mol. The molecule has 0 fully saturated rings. The summed E-state index contributed by atoms with van der Waals surface area (Å²) in [6.45, 7) is 1.82. The summed E-state index contributed by atoms with van der Waals surface area (Å²) in [5.74, 6) is -0.526. The number of hydrogen-bond donors (Lipinski definition) is 2. The number of fused-ring (bicyclic) bond motifs is 1. The Bertz CT molecular complexity index is 1110. The summed E-state index contributed by atoms with van der Waals surface area (Å²) in [5.41, 5.74) is 1.31. The van der Waals surface area contributed by atoms with Gasteiger partial charge in [-0.3, -0.25) is 9.59 Å². The van der Waals surface area contributed by atoms with E-state index < -0.39 is 15.7 Å². The molecule has 0 saturated carbocycles. The van der Waals surface area contributed by atoms with Gasteiger partial charge in [0, 0.05) is 28.7 Å². The Morgan fingerprint density at radius 2 is 2.10 bits per heavy atom. The molecule has 7 nitrogen and oxygen atoms in total. The van der Waals surface area contributed by atoms with Crippen LogP contribution in [0.1, 0.15) is 18.9 Å². The summed E-state index contributed by atoms with van der Waals surface area (Å²) < 4.78 is 25.3. The molecule has 1 aliphatic heterocycles. The van der Waals surface area contributed by atoms with Crippen molar-refractivity contribution < 1.29 is 18.0 Å². The zero-order valence-electron chi connectivity index (χ0n) is 15.6. The van der Waals surface area contributed by atoms with Crippen molar-refractivity contribution in [2.24, 2.45) is 5.92 Å². The molecule has 2 N–H and O–H groups in total. The maximum Gasteiger partial charge on any atom is 0.228 e. The van der Waals surface area contributed by atoms with Gasteiger partial charge in [-0.15, -0.1) is 11.8 Å². The molecule has 9 heteroatoms. The first-order chi connectivity index (χ1) is 13.8. The van der Waals surface area contributed by atoms with Gasteiger partial charge in [-0.1, -0.05) is 13.0 Å². The van der Waals surface area contributed by atoms with Gasteiger partial charge in [-0.05, 0) is 36.4 Å². The molecule has 1 heterocycles. The Morgan fingerprint density at radius 1 is 1.31 bits per heavy atom. The minimum atomic E-state index is -3.71. The largest absolute Gasteiger partial charge is 0.326 e. The normalized spacial score (nSPS) is 16.1. The molecular formula is C20H19N3O4S2. The van der Waals surface area contributed by atoms with Crippen LogP contribution >= 0.6 is 11.8 Å². The molecule has 29 heavy (non-hydrogen) atoms. The van der Waals surface area contributed by atoms with E-state index >= 15 is 0 Å². The van der Waals surface area contributed by atoms with Crippen molar-refractivity contribution in [3.63, 3.8) is 0 Å². The molecule has 2 aromatic carbocycles. The third-order valence-corrected chi connectivity index (χ3v) is 7.43. The molecule has 0 aromatic heterocycles. The van der Waals surface area contributed by atoms with E-state index in [1.165, 1.54) is 30.0 Å². The van der Waals surface area contributed by atoms with Crippen LogP contribution in [0.5, 0.6) is 0 Å². The highest BCUT2D eigenvalue weighted by Gasteiger charge is 2.23. The van der Waals surface area contributed by atoms with E-state index in [-0.39, 0.29) is 28.9 Å². The number of anilines is 2. The van der Waals surface area contributed by atoms with Gasteiger partial charge in [0.2, 0.25) is 11.8 Å². The average Bonchev–Trinajstić information content (AvgIpc) is 2.84. The number of sulfone groups is 1. The van der Waals surface area contributed by atoms with Crippen LogP contribution in [0, 0.1) is 17.2 Å². The molecular weight excluding hydrogens is 410 g/mol. The standard InChI is InChI=1S/C20H19N3O4S2/c1-13-12-28-18-6-5-16(10-17(18)23-20(13)25)29(26,27)8-7-19(24)22-15-4-2-3-14(9-15)11-21/h2-6,9-10,13H,7-8,12H2,1H3,(H,22,24)(H,23,25)/t13-/m1/s1. The fraction of sp³-hybridized carbons (Fsp3) is 0.250. The van der Waals surface area contributed by atoms with E-state index in [1.807, 2.05) is 13.0 Å². The lowest BCUT2D eigenvalue weighted by Crippen LogP contribution is -2.20. The fourth-order valence-electron chi connectivity index (χ4n) is 2.71. The molecule has 0 spiro atoms. The van der Waals surface area contributed by atoms with Crippen LogP contribution in [-0.4, -0.2) is 31.7 Å². The van der Waals surface area contributed by atoms with Crippen LogP contribution in [-0.2, 0) is 19.4 Å². The van der Waals surface area contributed by atoms with Crippen LogP contribution in [0.2, 0.25) is 0 Å². The van der Waals surface area contributed by atoms with Crippen molar-refractivity contribution in [3.8, 4) is 6.07 Å². The first kappa shape index (κ1) is 20.9. The number of nitrogens with zero attached hydrogens (tertiary/aromatic N) is 1. The van der Waals surface area contributed by atoms with Crippen molar-refractivity contribution in [1.82, 2.24) is 0 Å². The van der Waals surface area contributed by atoms with Crippen LogP contribution < -0.4 is 10.6 Å². The van der Waals surface area contributed by atoms with Gasteiger partial charge >= 0.3 is 0 Å². The van der Waals surface area contributed by atoms with Crippen molar-refractivity contribution in [2.45, 2.75) is 23.1 Å². The summed E-state index contributed by atoms with van der Waals surface area (Å²) in [6.07, 6.45) is -0.228. The lowest BCUT2D eigenvalue weighted by Gasteiger charge is -2.10. The van der Waals surface area contributed by atoms with Crippen molar-refractivity contribution in [1.29, 1.82) is 5.26 Å². The van der Waals surface area contributed by atoms with Crippen molar-refractivity contribution in [2.75, 3.05) is 22.1 Å². The lowest BCUT2D eigenvalue weighted by atomic mass is 10.2. The molecule has 0 unspecified atom stereocenters. The van der Waals surface area contributed by atoms with E-state index in [4.69, 9.17) is 5.26 Å². The number of carbonyl (C=O) groups excluding carboxylic acids is 2. The third-order valence-electron chi connectivity index (χ3n) is 4.38. The van der Waals surface area contributed by atoms with Crippen LogP contribution in [0.15, 0.2) is 52.3 Å². The number of nitriles is 1. The topological polar surface area (TPSA) is 116 Å². The number of nitrogens with one attached hydrogen (secondary N) is 2. The Balaban J connectivity index is 1.68. The molecule has 0 aliphatic carbocycles. The SMILES string of the molecule is C[C@@H]1CSc2ccc(S(=O)(=O)CCC(=O)Nc3cccc(C#N)c3)cc2NC1=O. The van der Waals surface area contributed by atoms with Gasteiger partial charge in [0.1, 0.15) is 0 Å². The second-order valence-corrected chi connectivity index (χ2v) is 9.84. The van der Waals surface area contributed by atoms with Crippen LogP contribution in [0.25, 0.3) is 0 Å². The highest BCUT2D eigenvalue weighted by Crippen LogP contribution is 2.34. The maximum absolute atomic E-state index is 12.7. The smallest absolute Gasteiger partial charge is 0.228 e. The molecule has 0 bridgehead atoms. The van der Waals surface area contributed by atoms with E-state index in [2.05, 4.69) is 10.6 Å². The van der Waals surface area contributed by atoms with Gasteiger partial charge in [0.25, 0.3) is 0 Å². The fourth-order valence-corrected chi connectivity index (χ4v) is 4.98. The molecule has 150 valence electrons. The van der Waals surface area contributed by atoms with E-state index in [0.717, 1.165) is 4.90 Å². The van der Waals surface area contributed by atoms with E-state index in [0.29, 0.717) is 22.7 Å². The summed E-state index contributed by atoms with van der Waals surface area (Å²) in [5, 5.41) is 14.3. The number of amides is 2. The Kier molecular flexibility index (Phi) is 6.25. The minimum absolute atomic E-state index is 0.0611. The second kappa shape index (κ2) is 8.68. The molecule has 2 aromatic rings. The first-order valence-electron chi connectivity index (χ1n) is 8.89. The molecule has 2 amide bonds. The molecule has 0 saturated heterocycles. The monoisotopic (exact) mass is 429 g/mol. The van der Waals surface area contributed by atoms with Gasteiger partial charge in [0.15, 0.2) is 9.84 Å². The van der Waals surface area contributed by atoms with Gasteiger partial charge < -0.3 is 10.6 Å². The lowest BCUT2D eigenvalue weighted by molar-refractivity contribution is -0.118. The van der Waals surface area contributed by atoms with Crippen molar-refractivity contribution >= 4 is 44.8 Å². The van der Waals surface area contributed by atoms with E-state index in [9.17, 15) is 18.0 Å². The van der Waals surface area contributed by atoms with E-state index in [1.54, 1.807) is 24.3 Å². The average molecular weight is 430 g/mol. The number of rotatable bonds is 5. The quantitative estimate of drug-likeness (QED) is 0.755. The summed E-state index contributed by atoms with van der Waals surface area (Å²) >= 11 is 1.50. The van der Waals surface area contributed by atoms with Gasteiger partial charge in [-0.25, -0.2) is 8.42 Å². The van der Waals surface area contributed by atoms with Gasteiger partial charge in [0.05, 0.1) is 28.0 Å². The number of hydrogen-bond acceptors (Lipinski definition) is 6. The Hall–Kier alpha value is -2.83. The van der Waals surface area contributed by atoms with Crippen LogP contribution in [0.3, 0.4) is 0 Å². The Labute approximate surface area is 173 Å². The predicted octanol–water partition coefficient (Wildman–Crippen LogP) is 3.04. The number of benzene rings is 2. The zero-order valence-corrected chi connectivity index (χ0v) is 17.3. The van der Waals surface area contributed by atoms with Crippen LogP contribution in [0.4, 0.5) is 11.4 Å². The Morgan fingerprint density at radius 3 is 2.86 bits per heavy atom. The highest BCUT2D eigenvalue weighted by molar-refractivity contribution is 7.99. The number of thioether (sulfide) groups is 1. The zero-order chi connectivity index (χ0) is 21.0. The maximum atomic E-state index is 12.7. The molecule has 1 atom stereocenters. The third kappa shape index (κ3) is 5.16. The molecule has 0 radical (unpaired) electrons. The second-order valence-electron chi connectivity index (χ2n) is 6.67. The molecule has 1 aliphatic rings. The highest BCUT2D eigenvalue weighted by atomic mass is 32.2. The van der Waals surface area contributed by atoms with Gasteiger partial charge in [-0.2, -0.15) is 5.26 Å². The summed E-state index contributed by atoms with van der Waals surface area (Å²) in [4.78, 5) is 25.0. The first-order valence-corrected chi connectivity index (χ1v) is 11.5. The number of carbonyl (C=O) groups is 2. The summed E-state index contributed by atoms with van der Waals surface area (Å²) in [7, 11) is -3.71. The summed E-state index contributed by atoms with van der Waals surface area (Å²) in [6, 6.07) is 13.0.